The Morgan fingerprint density at radius 3 is 2.52 bits per heavy atom. The largest absolute Gasteiger partial charge is 0.220 e. The van der Waals surface area contributed by atoms with Crippen molar-refractivity contribution in [3.05, 3.63) is 64.8 Å². The number of aryl methyl sites for hydroxylation is 3. The summed E-state index contributed by atoms with van der Waals surface area (Å²) in [5.41, 5.74) is 4.23. The Labute approximate surface area is 159 Å². The molecular formula is C24H30N+. The van der Waals surface area contributed by atoms with Gasteiger partial charge in [-0.05, 0) is 65.3 Å². The normalized spacial score (nSPS) is 16.0. The summed E-state index contributed by atoms with van der Waals surface area (Å²) in [5, 5.41) is 2.09. The second-order valence-corrected chi connectivity index (χ2v) is 7.77. The second-order valence-electron chi connectivity index (χ2n) is 7.77. The van der Waals surface area contributed by atoms with Crippen LogP contribution in [0.3, 0.4) is 0 Å². The van der Waals surface area contributed by atoms with Gasteiger partial charge in [0.15, 0.2) is 6.20 Å². The lowest BCUT2D eigenvalue weighted by molar-refractivity contribution is -0.659. The van der Waals surface area contributed by atoms with Crippen molar-refractivity contribution in [1.29, 1.82) is 0 Å². The third-order valence-corrected chi connectivity index (χ3v) is 4.94. The van der Waals surface area contributed by atoms with Gasteiger partial charge in [0.25, 0.3) is 0 Å². The van der Waals surface area contributed by atoms with Crippen molar-refractivity contribution in [3.8, 4) is 11.3 Å². The van der Waals surface area contributed by atoms with Crippen molar-refractivity contribution >= 4 is 10.8 Å². The molecule has 3 rings (SSSR count). The maximum Gasteiger partial charge on any atom is 0.220 e. The number of pyridine rings is 1. The summed E-state index contributed by atoms with van der Waals surface area (Å²) < 4.78 is 42.3. The highest BCUT2D eigenvalue weighted by Gasteiger charge is 2.21. The number of hydrogen-bond donors (Lipinski definition) is 0. The molecule has 1 nitrogen and oxygen atoms in total. The average Bonchev–Trinajstić information content (AvgIpc) is 2.59. The second kappa shape index (κ2) is 6.29. The molecule has 0 bridgehead atoms. The van der Waals surface area contributed by atoms with Crippen LogP contribution in [0.15, 0.2) is 42.6 Å². The summed E-state index contributed by atoms with van der Waals surface area (Å²) in [5.74, 6) is 0. The van der Waals surface area contributed by atoms with Crippen LogP contribution in [0.2, 0.25) is 0 Å². The lowest BCUT2D eigenvalue weighted by Gasteiger charge is -2.20. The lowest BCUT2D eigenvalue weighted by atomic mass is 9.85. The number of hydrogen-bond acceptors (Lipinski definition) is 0. The van der Waals surface area contributed by atoms with E-state index in [-0.39, 0.29) is 11.0 Å². The minimum atomic E-state index is -2.31. The zero-order chi connectivity index (χ0) is 22.6. The number of fused-ring (bicyclic) bond motifs is 1. The summed E-state index contributed by atoms with van der Waals surface area (Å²) in [6, 6.07) is 11.7. The van der Waals surface area contributed by atoms with E-state index in [0.29, 0.717) is 5.56 Å². The van der Waals surface area contributed by atoms with Gasteiger partial charge in [0.1, 0.15) is 7.05 Å². The van der Waals surface area contributed by atoms with Gasteiger partial charge < -0.3 is 0 Å². The van der Waals surface area contributed by atoms with E-state index in [0.717, 1.165) is 27.6 Å². The molecule has 130 valence electrons. The van der Waals surface area contributed by atoms with Gasteiger partial charge in [-0.2, -0.15) is 0 Å². The summed E-state index contributed by atoms with van der Waals surface area (Å²) in [6.07, 6.45) is 0.328. The molecule has 0 atom stereocenters. The maximum atomic E-state index is 8.26. The molecule has 0 aliphatic heterocycles. The summed E-state index contributed by atoms with van der Waals surface area (Å²) in [7, 11) is 1.94. The van der Waals surface area contributed by atoms with E-state index in [1.165, 1.54) is 18.6 Å². The van der Waals surface area contributed by atoms with Crippen LogP contribution in [-0.2, 0) is 18.8 Å². The van der Waals surface area contributed by atoms with Crippen LogP contribution < -0.4 is 4.57 Å². The van der Waals surface area contributed by atoms with Crippen LogP contribution in [0.1, 0.15) is 56.8 Å². The van der Waals surface area contributed by atoms with E-state index < -0.39 is 13.2 Å². The minimum absolute atomic E-state index is 0.0227. The van der Waals surface area contributed by atoms with Crippen LogP contribution >= 0.6 is 0 Å². The molecule has 0 saturated heterocycles. The Morgan fingerprint density at radius 1 is 1.12 bits per heavy atom. The van der Waals surface area contributed by atoms with E-state index in [9.17, 15) is 0 Å². The van der Waals surface area contributed by atoms with E-state index >= 15 is 0 Å². The fourth-order valence-corrected chi connectivity index (χ4v) is 3.39. The molecule has 1 heterocycles. The van der Waals surface area contributed by atoms with Crippen LogP contribution in [0.5, 0.6) is 0 Å². The smallest absolute Gasteiger partial charge is 0.200 e. The molecule has 1 aromatic heterocycles. The van der Waals surface area contributed by atoms with Crippen molar-refractivity contribution in [1.82, 2.24) is 0 Å². The first-order valence-electron chi connectivity index (χ1n) is 11.2. The number of benzene rings is 2. The number of rotatable bonds is 2. The Hall–Kier alpha value is -2.15. The van der Waals surface area contributed by atoms with E-state index in [1.54, 1.807) is 6.07 Å². The van der Waals surface area contributed by atoms with Gasteiger partial charge in [0, 0.05) is 12.9 Å². The maximum absolute atomic E-state index is 8.26. The standard InChI is InChI=1S/C24H30N/c1-8-18-13-16(2)14-22(17(18)3)23-21-10-9-20(24(4,5)6)15-19(21)11-12-25(23)7/h9-15H,8H2,1-7H3/q+1/i2D3,8D2. The van der Waals surface area contributed by atoms with Crippen LogP contribution in [0.4, 0.5) is 0 Å². The monoisotopic (exact) mass is 337 g/mol. The van der Waals surface area contributed by atoms with E-state index in [1.807, 2.05) is 24.7 Å². The molecular weight excluding hydrogens is 302 g/mol. The number of nitrogens with zero attached hydrogens (tertiary/aromatic N) is 1. The van der Waals surface area contributed by atoms with Crippen molar-refractivity contribution in [2.75, 3.05) is 0 Å². The van der Waals surface area contributed by atoms with E-state index in [4.69, 9.17) is 6.85 Å². The highest BCUT2D eigenvalue weighted by atomic mass is 14.9. The summed E-state index contributed by atoms with van der Waals surface area (Å²) >= 11 is 0. The van der Waals surface area contributed by atoms with Crippen molar-refractivity contribution in [2.45, 2.75) is 53.3 Å². The quantitative estimate of drug-likeness (QED) is 0.520. The van der Waals surface area contributed by atoms with Gasteiger partial charge in [-0.25, -0.2) is 4.57 Å². The van der Waals surface area contributed by atoms with Crippen LogP contribution in [0, 0.1) is 13.8 Å². The molecule has 0 saturated carbocycles. The van der Waals surface area contributed by atoms with Crippen molar-refractivity contribution in [2.24, 2.45) is 7.05 Å². The fourth-order valence-electron chi connectivity index (χ4n) is 3.39. The van der Waals surface area contributed by atoms with Gasteiger partial charge in [-0.1, -0.05) is 45.9 Å². The highest BCUT2D eigenvalue weighted by molar-refractivity contribution is 5.94. The molecule has 0 N–H and O–H groups in total. The van der Waals surface area contributed by atoms with Gasteiger partial charge >= 0.3 is 0 Å². The molecule has 3 aromatic rings. The fraction of sp³-hybridized carbons (Fsp3) is 0.375. The Morgan fingerprint density at radius 2 is 1.88 bits per heavy atom. The Balaban J connectivity index is 2.41. The topological polar surface area (TPSA) is 3.88 Å². The lowest BCUT2D eigenvalue weighted by Crippen LogP contribution is -2.31. The molecule has 0 unspecified atom stereocenters. The first kappa shape index (κ1) is 12.2. The molecule has 25 heavy (non-hydrogen) atoms. The first-order valence-corrected chi connectivity index (χ1v) is 8.69. The van der Waals surface area contributed by atoms with Crippen molar-refractivity contribution < 1.29 is 11.4 Å². The predicted octanol–water partition coefficient (Wildman–Crippen LogP) is 5.81. The van der Waals surface area contributed by atoms with Crippen molar-refractivity contribution in [3.63, 3.8) is 0 Å². The van der Waals surface area contributed by atoms with E-state index in [2.05, 4.69) is 45.0 Å². The predicted molar refractivity (Wildman–Crippen MR) is 108 cm³/mol. The van der Waals surface area contributed by atoms with Crippen LogP contribution in [0.25, 0.3) is 22.0 Å². The third kappa shape index (κ3) is 3.20. The van der Waals surface area contributed by atoms with Gasteiger partial charge in [0.05, 0.1) is 10.9 Å². The molecule has 0 amide bonds. The Kier molecular flexibility index (Phi) is 3.08. The first-order chi connectivity index (χ1) is 13.6. The number of aromatic nitrogens is 1. The summed E-state index contributed by atoms with van der Waals surface area (Å²) in [6.45, 7) is 7.57. The molecule has 0 fully saturated rings. The molecule has 0 spiro atoms. The van der Waals surface area contributed by atoms with Gasteiger partial charge in [-0.3, -0.25) is 0 Å². The zero-order valence-corrected chi connectivity index (χ0v) is 16.0. The molecule has 0 aliphatic carbocycles. The minimum Gasteiger partial charge on any atom is -0.200 e. The SMILES string of the molecule is [2H]C([2H])([2H])c1cc(-c2c3ccc(C(C)(C)C)cc3cc[n+]2C)c(C)c(C([2H])([2H])C)c1. The van der Waals surface area contributed by atoms with Gasteiger partial charge in [0.2, 0.25) is 5.69 Å². The molecule has 0 aliphatic rings. The Bertz CT molecular complexity index is 1120. The molecule has 2 aromatic carbocycles. The third-order valence-electron chi connectivity index (χ3n) is 4.94. The summed E-state index contributed by atoms with van der Waals surface area (Å²) in [4.78, 5) is 0. The molecule has 0 radical (unpaired) electrons. The highest BCUT2D eigenvalue weighted by Crippen LogP contribution is 2.33. The van der Waals surface area contributed by atoms with Gasteiger partial charge in [-0.15, -0.1) is 0 Å². The molecule has 1 heteroatoms. The van der Waals surface area contributed by atoms with Crippen LogP contribution in [-0.4, -0.2) is 0 Å². The zero-order valence-electron chi connectivity index (χ0n) is 21.0. The average molecular weight is 338 g/mol.